The van der Waals surface area contributed by atoms with Crippen LogP contribution in [0.15, 0.2) is 30.6 Å². The van der Waals surface area contributed by atoms with E-state index < -0.39 is 0 Å². The molecule has 30 heavy (non-hydrogen) atoms. The summed E-state index contributed by atoms with van der Waals surface area (Å²) in [6.45, 7) is 4.18. The summed E-state index contributed by atoms with van der Waals surface area (Å²) in [6.07, 6.45) is 6.17. The van der Waals surface area contributed by atoms with E-state index >= 15 is 0 Å². The molecule has 0 bridgehead atoms. The van der Waals surface area contributed by atoms with E-state index in [1.807, 2.05) is 6.07 Å². The van der Waals surface area contributed by atoms with E-state index in [1.54, 1.807) is 23.7 Å². The van der Waals surface area contributed by atoms with Gasteiger partial charge in [-0.05, 0) is 54.9 Å². The van der Waals surface area contributed by atoms with Gasteiger partial charge in [0.25, 0.3) is 0 Å². The Bertz CT molecular complexity index is 1130. The van der Waals surface area contributed by atoms with Crippen LogP contribution < -0.4 is 10.2 Å². The maximum Gasteiger partial charge on any atom is 0.146 e. The predicted octanol–water partition coefficient (Wildman–Crippen LogP) is 4.93. The SMILES string of the molecule is CCc1cc2c(N3CCC4(CC(Nc5ccc(CC#N)cc5F)C4)C3)ncnc2s1. The molecule has 0 atom stereocenters. The summed E-state index contributed by atoms with van der Waals surface area (Å²) in [4.78, 5) is 13.9. The van der Waals surface area contributed by atoms with Crippen LogP contribution in [-0.2, 0) is 12.8 Å². The second-order valence-electron chi connectivity index (χ2n) is 8.55. The van der Waals surface area contributed by atoms with Gasteiger partial charge in [0.05, 0.1) is 23.6 Å². The van der Waals surface area contributed by atoms with Crippen molar-refractivity contribution in [2.45, 2.75) is 45.1 Å². The molecule has 2 aliphatic rings. The molecule has 1 aliphatic heterocycles. The topological polar surface area (TPSA) is 64.8 Å². The van der Waals surface area contributed by atoms with Crippen LogP contribution in [0.4, 0.5) is 15.9 Å². The van der Waals surface area contributed by atoms with E-state index in [2.05, 4.69) is 39.2 Å². The minimum absolute atomic E-state index is 0.236. The number of nitrogens with one attached hydrogen (secondary N) is 1. The van der Waals surface area contributed by atoms with Crippen molar-refractivity contribution in [1.29, 1.82) is 5.26 Å². The molecule has 154 valence electrons. The van der Waals surface area contributed by atoms with Crippen molar-refractivity contribution < 1.29 is 4.39 Å². The Morgan fingerprint density at radius 3 is 2.97 bits per heavy atom. The molecular weight excluding hydrogens is 397 g/mol. The summed E-state index contributed by atoms with van der Waals surface area (Å²) >= 11 is 1.76. The molecule has 5 nitrogen and oxygen atoms in total. The molecule has 0 radical (unpaired) electrons. The molecule has 2 aromatic heterocycles. The average molecular weight is 422 g/mol. The van der Waals surface area contributed by atoms with Gasteiger partial charge in [0, 0.05) is 24.0 Å². The molecule has 0 amide bonds. The van der Waals surface area contributed by atoms with Crippen LogP contribution in [0.5, 0.6) is 0 Å². The van der Waals surface area contributed by atoms with E-state index in [0.717, 1.165) is 49.4 Å². The van der Waals surface area contributed by atoms with Crippen molar-refractivity contribution in [3.05, 3.63) is 46.9 Å². The van der Waals surface area contributed by atoms with Gasteiger partial charge >= 0.3 is 0 Å². The first-order valence-electron chi connectivity index (χ1n) is 10.5. The first-order chi connectivity index (χ1) is 14.6. The molecule has 1 saturated heterocycles. The molecule has 3 aromatic rings. The molecule has 7 heteroatoms. The number of aryl methyl sites for hydroxylation is 1. The van der Waals surface area contributed by atoms with Gasteiger partial charge in [-0.2, -0.15) is 5.26 Å². The smallest absolute Gasteiger partial charge is 0.146 e. The van der Waals surface area contributed by atoms with Gasteiger partial charge < -0.3 is 10.2 Å². The fraction of sp³-hybridized carbons (Fsp3) is 0.435. The highest BCUT2D eigenvalue weighted by Gasteiger charge is 2.49. The van der Waals surface area contributed by atoms with Gasteiger partial charge in [0.2, 0.25) is 0 Å². The summed E-state index contributed by atoms with van der Waals surface area (Å²) in [5, 5.41) is 13.3. The highest BCUT2D eigenvalue weighted by atomic mass is 32.1. The Kier molecular flexibility index (Phi) is 4.82. The number of thiophene rings is 1. The number of hydrogen-bond acceptors (Lipinski definition) is 6. The quantitative estimate of drug-likeness (QED) is 0.633. The Morgan fingerprint density at radius 2 is 2.20 bits per heavy atom. The van der Waals surface area contributed by atoms with Crippen LogP contribution in [-0.4, -0.2) is 29.1 Å². The van der Waals surface area contributed by atoms with Crippen molar-refractivity contribution in [3.8, 4) is 6.07 Å². The molecule has 2 fully saturated rings. The Morgan fingerprint density at radius 1 is 1.33 bits per heavy atom. The summed E-state index contributed by atoms with van der Waals surface area (Å²) in [5.74, 6) is 0.785. The molecular formula is C23H24FN5S. The molecule has 3 heterocycles. The third-order valence-corrected chi connectivity index (χ3v) is 7.67. The highest BCUT2D eigenvalue weighted by Crippen LogP contribution is 2.50. The molecule has 1 saturated carbocycles. The van der Waals surface area contributed by atoms with Gasteiger partial charge in [0.1, 0.15) is 22.8 Å². The number of rotatable bonds is 5. The van der Waals surface area contributed by atoms with Crippen molar-refractivity contribution in [2.75, 3.05) is 23.3 Å². The monoisotopic (exact) mass is 421 g/mol. The van der Waals surface area contributed by atoms with E-state index in [4.69, 9.17) is 5.26 Å². The minimum Gasteiger partial charge on any atom is -0.380 e. The molecule has 1 N–H and O–H groups in total. The minimum atomic E-state index is -0.274. The lowest BCUT2D eigenvalue weighted by atomic mass is 9.65. The maximum atomic E-state index is 14.3. The van der Waals surface area contributed by atoms with Crippen LogP contribution >= 0.6 is 11.3 Å². The lowest BCUT2D eigenvalue weighted by Crippen LogP contribution is -2.47. The summed E-state index contributed by atoms with van der Waals surface area (Å²) in [5.41, 5.74) is 1.54. The normalized spacial score (nSPS) is 23.0. The van der Waals surface area contributed by atoms with Crippen molar-refractivity contribution >= 4 is 33.1 Å². The standard InChI is InChI=1S/C23H24FN5S/c1-2-17-10-18-21(26-14-27-22(18)30-17)29-8-6-23(13-29)11-16(12-23)28-20-4-3-15(5-7-25)9-19(20)24/h3-4,9-10,14,16,28H,2,5-6,8,11-13H2,1H3. The van der Waals surface area contributed by atoms with E-state index in [1.165, 1.54) is 16.3 Å². The molecule has 1 aromatic carbocycles. The van der Waals surface area contributed by atoms with Crippen LogP contribution in [0, 0.1) is 22.6 Å². The number of hydrogen-bond donors (Lipinski definition) is 1. The lowest BCUT2D eigenvalue weighted by molar-refractivity contribution is 0.144. The Labute approximate surface area is 179 Å². The number of benzene rings is 1. The van der Waals surface area contributed by atoms with Crippen LogP contribution in [0.3, 0.4) is 0 Å². The highest BCUT2D eigenvalue weighted by molar-refractivity contribution is 7.18. The lowest BCUT2D eigenvalue weighted by Gasteiger charge is -2.46. The van der Waals surface area contributed by atoms with Gasteiger partial charge in [-0.15, -0.1) is 11.3 Å². The first-order valence-corrected chi connectivity index (χ1v) is 11.3. The van der Waals surface area contributed by atoms with Crippen LogP contribution in [0.25, 0.3) is 10.2 Å². The van der Waals surface area contributed by atoms with Crippen molar-refractivity contribution in [3.63, 3.8) is 0 Å². The van der Waals surface area contributed by atoms with Crippen molar-refractivity contribution in [1.82, 2.24) is 9.97 Å². The summed E-state index contributed by atoms with van der Waals surface area (Å²) < 4.78 is 14.3. The largest absolute Gasteiger partial charge is 0.380 e. The Balaban J connectivity index is 1.25. The maximum absolute atomic E-state index is 14.3. The Hall–Kier alpha value is -2.72. The van der Waals surface area contributed by atoms with Gasteiger partial charge in [-0.3, -0.25) is 0 Å². The van der Waals surface area contributed by atoms with Gasteiger partial charge in [-0.25, -0.2) is 14.4 Å². The molecule has 5 rings (SSSR count). The zero-order valence-corrected chi connectivity index (χ0v) is 17.8. The molecule has 1 aliphatic carbocycles. The summed E-state index contributed by atoms with van der Waals surface area (Å²) in [6, 6.07) is 9.64. The number of aromatic nitrogens is 2. The fourth-order valence-electron chi connectivity index (χ4n) is 4.95. The van der Waals surface area contributed by atoms with Crippen molar-refractivity contribution in [2.24, 2.45) is 5.41 Å². The van der Waals surface area contributed by atoms with Gasteiger partial charge in [0.15, 0.2) is 0 Å². The number of nitriles is 1. The zero-order valence-electron chi connectivity index (χ0n) is 17.0. The predicted molar refractivity (Wildman–Crippen MR) is 118 cm³/mol. The number of halogens is 1. The van der Waals surface area contributed by atoms with Crippen LogP contribution in [0.2, 0.25) is 0 Å². The van der Waals surface area contributed by atoms with E-state index in [-0.39, 0.29) is 17.7 Å². The fourth-order valence-corrected chi connectivity index (χ4v) is 5.88. The number of nitrogens with zero attached hydrogens (tertiary/aromatic N) is 4. The average Bonchev–Trinajstić information content (AvgIpc) is 3.34. The third-order valence-electron chi connectivity index (χ3n) is 6.48. The van der Waals surface area contributed by atoms with E-state index in [0.29, 0.717) is 17.3 Å². The second kappa shape index (κ2) is 7.51. The van der Waals surface area contributed by atoms with E-state index in [9.17, 15) is 4.39 Å². The van der Waals surface area contributed by atoms with Gasteiger partial charge in [-0.1, -0.05) is 13.0 Å². The third kappa shape index (κ3) is 3.39. The zero-order chi connectivity index (χ0) is 20.7. The number of fused-ring (bicyclic) bond motifs is 1. The first kappa shape index (κ1) is 19.3. The molecule has 0 unspecified atom stereocenters. The second-order valence-corrected chi connectivity index (χ2v) is 9.67. The molecule has 1 spiro atoms. The summed E-state index contributed by atoms with van der Waals surface area (Å²) in [7, 11) is 0. The number of anilines is 2. The van der Waals surface area contributed by atoms with Crippen LogP contribution in [0.1, 0.15) is 36.6 Å².